The average molecular weight is 389 g/mol. The Balaban J connectivity index is 2.08. The zero-order chi connectivity index (χ0) is 18.6. The molecule has 0 saturated carbocycles. The number of amides is 1. The summed E-state index contributed by atoms with van der Waals surface area (Å²) in [6.07, 6.45) is -4.68. The van der Waals surface area contributed by atoms with E-state index in [9.17, 15) is 18.0 Å². The van der Waals surface area contributed by atoms with E-state index < -0.39 is 29.9 Å². The van der Waals surface area contributed by atoms with Gasteiger partial charge in [0, 0.05) is 5.02 Å². The third-order valence-electron chi connectivity index (χ3n) is 2.98. The summed E-state index contributed by atoms with van der Waals surface area (Å²) < 4.78 is 44.1. The summed E-state index contributed by atoms with van der Waals surface area (Å²) in [6, 6.07) is 9.04. The summed E-state index contributed by atoms with van der Waals surface area (Å²) in [6.45, 7) is -0.564. The Hall–Kier alpha value is -2.43. The van der Waals surface area contributed by atoms with Gasteiger partial charge in [-0.2, -0.15) is 18.4 Å². The van der Waals surface area contributed by atoms with Gasteiger partial charge in [-0.3, -0.25) is 4.79 Å². The van der Waals surface area contributed by atoms with Gasteiger partial charge in [0.2, 0.25) is 0 Å². The van der Waals surface area contributed by atoms with Crippen LogP contribution in [0.2, 0.25) is 10.0 Å². The highest BCUT2D eigenvalue weighted by atomic mass is 35.5. The molecule has 0 aliphatic heterocycles. The maximum absolute atomic E-state index is 13.0. The first-order chi connectivity index (χ1) is 11.7. The number of rotatable bonds is 4. The third-order valence-corrected chi connectivity index (χ3v) is 3.51. The molecule has 1 amide bonds. The van der Waals surface area contributed by atoms with Crippen molar-refractivity contribution in [3.05, 3.63) is 57.6 Å². The number of ether oxygens (including phenoxy) is 1. The van der Waals surface area contributed by atoms with Crippen LogP contribution in [0.25, 0.3) is 0 Å². The fraction of sp³-hybridized carbons (Fsp3) is 0.125. The van der Waals surface area contributed by atoms with Crippen molar-refractivity contribution < 1.29 is 22.7 Å². The van der Waals surface area contributed by atoms with Crippen LogP contribution in [0.4, 0.5) is 18.9 Å². The number of nitrogens with zero attached hydrogens (tertiary/aromatic N) is 1. The van der Waals surface area contributed by atoms with E-state index in [4.69, 9.17) is 33.2 Å². The molecule has 0 bridgehead atoms. The molecule has 2 aromatic rings. The van der Waals surface area contributed by atoms with Crippen LogP contribution in [-0.4, -0.2) is 12.5 Å². The minimum Gasteiger partial charge on any atom is -0.482 e. The highest BCUT2D eigenvalue weighted by Gasteiger charge is 2.34. The summed E-state index contributed by atoms with van der Waals surface area (Å²) in [5.41, 5.74) is -1.20. The van der Waals surface area contributed by atoms with Gasteiger partial charge < -0.3 is 10.1 Å². The van der Waals surface area contributed by atoms with E-state index in [1.165, 1.54) is 24.3 Å². The summed E-state index contributed by atoms with van der Waals surface area (Å²) in [7, 11) is 0. The molecule has 0 radical (unpaired) electrons. The lowest BCUT2D eigenvalue weighted by Crippen LogP contribution is -2.22. The molecule has 0 aliphatic rings. The van der Waals surface area contributed by atoms with Crippen LogP contribution in [0, 0.1) is 11.3 Å². The monoisotopic (exact) mass is 388 g/mol. The number of carbonyl (C=O) groups is 1. The van der Waals surface area contributed by atoms with Gasteiger partial charge in [-0.05, 0) is 36.4 Å². The molecule has 4 nitrogen and oxygen atoms in total. The third kappa shape index (κ3) is 5.02. The summed E-state index contributed by atoms with van der Waals surface area (Å²) >= 11 is 11.5. The van der Waals surface area contributed by atoms with Gasteiger partial charge in [0.15, 0.2) is 6.61 Å². The zero-order valence-electron chi connectivity index (χ0n) is 12.3. The molecule has 0 atom stereocenters. The van der Waals surface area contributed by atoms with Gasteiger partial charge >= 0.3 is 6.18 Å². The van der Waals surface area contributed by atoms with Crippen molar-refractivity contribution in [1.82, 2.24) is 0 Å². The SMILES string of the molecule is N#Cc1ccc(OCC(=O)Nc2ccc(Cl)cc2C(F)(F)F)c(Cl)c1. The van der Waals surface area contributed by atoms with E-state index in [2.05, 4.69) is 5.32 Å². The minimum absolute atomic E-state index is 0.106. The summed E-state index contributed by atoms with van der Waals surface area (Å²) in [5.74, 6) is -0.684. The largest absolute Gasteiger partial charge is 0.482 e. The fourth-order valence-corrected chi connectivity index (χ4v) is 2.28. The molecule has 0 spiro atoms. The quantitative estimate of drug-likeness (QED) is 0.809. The van der Waals surface area contributed by atoms with Gasteiger partial charge in [-0.25, -0.2) is 0 Å². The van der Waals surface area contributed by atoms with Crippen LogP contribution in [-0.2, 0) is 11.0 Å². The van der Waals surface area contributed by atoms with E-state index in [1.807, 2.05) is 6.07 Å². The molecule has 2 rings (SSSR count). The number of hydrogen-bond donors (Lipinski definition) is 1. The lowest BCUT2D eigenvalue weighted by Gasteiger charge is -2.14. The second-order valence-electron chi connectivity index (χ2n) is 4.78. The van der Waals surface area contributed by atoms with E-state index >= 15 is 0 Å². The molecular formula is C16H9Cl2F3N2O2. The van der Waals surface area contributed by atoms with Crippen LogP contribution in [0.15, 0.2) is 36.4 Å². The van der Waals surface area contributed by atoms with Gasteiger partial charge in [-0.15, -0.1) is 0 Å². The van der Waals surface area contributed by atoms with Crippen LogP contribution >= 0.6 is 23.2 Å². The van der Waals surface area contributed by atoms with E-state index in [0.717, 1.165) is 12.1 Å². The van der Waals surface area contributed by atoms with E-state index in [1.54, 1.807) is 0 Å². The molecule has 9 heteroatoms. The second-order valence-corrected chi connectivity index (χ2v) is 5.63. The Morgan fingerprint density at radius 3 is 2.52 bits per heavy atom. The van der Waals surface area contributed by atoms with Crippen LogP contribution in [0.5, 0.6) is 5.75 Å². The first kappa shape index (κ1) is 18.9. The number of hydrogen-bond acceptors (Lipinski definition) is 3. The van der Waals surface area contributed by atoms with Crippen LogP contribution < -0.4 is 10.1 Å². The topological polar surface area (TPSA) is 62.1 Å². The van der Waals surface area contributed by atoms with Gasteiger partial charge in [-0.1, -0.05) is 23.2 Å². The number of benzene rings is 2. The Bertz CT molecular complexity index is 848. The van der Waals surface area contributed by atoms with Gasteiger partial charge in [0.05, 0.1) is 27.9 Å². The van der Waals surface area contributed by atoms with Crippen molar-refractivity contribution >= 4 is 34.8 Å². The smallest absolute Gasteiger partial charge is 0.418 e. The van der Waals surface area contributed by atoms with Crippen molar-refractivity contribution in [2.24, 2.45) is 0 Å². The first-order valence-electron chi connectivity index (χ1n) is 6.70. The normalized spacial score (nSPS) is 10.9. The minimum atomic E-state index is -4.68. The van der Waals surface area contributed by atoms with Gasteiger partial charge in [0.1, 0.15) is 5.75 Å². The fourth-order valence-electron chi connectivity index (χ4n) is 1.88. The van der Waals surface area contributed by atoms with E-state index in [0.29, 0.717) is 5.56 Å². The molecule has 25 heavy (non-hydrogen) atoms. The number of anilines is 1. The maximum atomic E-state index is 13.0. The standard InChI is InChI=1S/C16H9Cl2F3N2O2/c17-10-2-3-13(11(6-10)16(19,20)21)23-15(24)8-25-14-4-1-9(7-22)5-12(14)18/h1-6H,8H2,(H,23,24). The Kier molecular flexibility index (Phi) is 5.77. The summed E-state index contributed by atoms with van der Waals surface area (Å²) in [5, 5.41) is 10.9. The average Bonchev–Trinajstić information content (AvgIpc) is 2.54. The maximum Gasteiger partial charge on any atom is 0.418 e. The number of nitrogens with one attached hydrogen (secondary N) is 1. The van der Waals surface area contributed by atoms with Crippen molar-refractivity contribution in [2.45, 2.75) is 6.18 Å². The number of nitriles is 1. The Labute approximate surface area is 150 Å². The molecule has 0 heterocycles. The van der Waals surface area contributed by atoms with Gasteiger partial charge in [0.25, 0.3) is 5.91 Å². The molecule has 0 saturated heterocycles. The van der Waals surface area contributed by atoms with Crippen molar-refractivity contribution in [2.75, 3.05) is 11.9 Å². The number of carbonyl (C=O) groups excluding carboxylic acids is 1. The number of alkyl halides is 3. The molecule has 0 aromatic heterocycles. The molecular weight excluding hydrogens is 380 g/mol. The Morgan fingerprint density at radius 2 is 1.92 bits per heavy atom. The molecule has 2 aromatic carbocycles. The zero-order valence-corrected chi connectivity index (χ0v) is 13.8. The molecule has 0 unspecified atom stereocenters. The predicted molar refractivity (Wildman–Crippen MR) is 86.7 cm³/mol. The van der Waals surface area contributed by atoms with Crippen LogP contribution in [0.3, 0.4) is 0 Å². The Morgan fingerprint density at radius 1 is 1.20 bits per heavy atom. The molecule has 0 fully saturated rings. The van der Waals surface area contributed by atoms with Crippen molar-refractivity contribution in [3.63, 3.8) is 0 Å². The number of halogens is 5. The molecule has 0 aliphatic carbocycles. The van der Waals surface area contributed by atoms with E-state index in [-0.39, 0.29) is 15.8 Å². The lowest BCUT2D eigenvalue weighted by molar-refractivity contribution is -0.137. The molecule has 130 valence electrons. The highest BCUT2D eigenvalue weighted by Crippen LogP contribution is 2.36. The summed E-state index contributed by atoms with van der Waals surface area (Å²) in [4.78, 5) is 11.9. The predicted octanol–water partition coefficient (Wildman–Crippen LogP) is 4.90. The highest BCUT2D eigenvalue weighted by molar-refractivity contribution is 6.32. The molecule has 1 N–H and O–H groups in total. The van der Waals surface area contributed by atoms with Crippen LogP contribution in [0.1, 0.15) is 11.1 Å². The second kappa shape index (κ2) is 7.64. The van der Waals surface area contributed by atoms with Crippen molar-refractivity contribution in [3.8, 4) is 11.8 Å². The lowest BCUT2D eigenvalue weighted by atomic mass is 10.1. The van der Waals surface area contributed by atoms with Crippen molar-refractivity contribution in [1.29, 1.82) is 5.26 Å². The first-order valence-corrected chi connectivity index (χ1v) is 7.45.